The molecule has 0 N–H and O–H groups in total. The smallest absolute Gasteiger partial charge is 0.244 e. The van der Waals surface area contributed by atoms with Gasteiger partial charge in [-0.3, -0.25) is 0 Å². The van der Waals surface area contributed by atoms with E-state index in [1.165, 1.54) is 11.6 Å². The maximum atomic E-state index is 13.6. The van der Waals surface area contributed by atoms with E-state index in [-0.39, 0.29) is 11.6 Å². The number of benzene rings is 1. The summed E-state index contributed by atoms with van der Waals surface area (Å²) in [5.74, 6) is 0. The van der Waals surface area contributed by atoms with Gasteiger partial charge < -0.3 is 0 Å². The maximum absolute atomic E-state index is 13.6. The van der Waals surface area contributed by atoms with Gasteiger partial charge in [-0.1, -0.05) is 31.2 Å². The highest BCUT2D eigenvalue weighted by molar-refractivity contribution is 5.85. The predicted molar refractivity (Wildman–Crippen MR) is 92.4 cm³/mol. The zero-order chi connectivity index (χ0) is 17.4. The molecule has 126 valence electrons. The van der Waals surface area contributed by atoms with Gasteiger partial charge >= 0.3 is 0 Å². The van der Waals surface area contributed by atoms with Gasteiger partial charge in [0, 0.05) is 17.2 Å². The summed E-state index contributed by atoms with van der Waals surface area (Å²) in [6.07, 6.45) is -1.62. The van der Waals surface area contributed by atoms with Crippen LogP contribution in [0.3, 0.4) is 0 Å². The third kappa shape index (κ3) is 2.79. The number of rotatable bonds is 4. The first-order valence-corrected chi connectivity index (χ1v) is 8.19. The Morgan fingerprint density at radius 1 is 1.12 bits per heavy atom. The van der Waals surface area contributed by atoms with Gasteiger partial charge in [-0.2, -0.15) is 5.10 Å². The lowest BCUT2D eigenvalue weighted by Gasteiger charge is -2.10. The second-order valence-corrected chi connectivity index (χ2v) is 6.27. The molecule has 0 saturated carbocycles. The molecule has 24 heavy (non-hydrogen) atoms. The van der Waals surface area contributed by atoms with E-state index in [1.54, 1.807) is 11.6 Å². The summed E-state index contributed by atoms with van der Waals surface area (Å²) in [5.41, 5.74) is 3.72. The van der Waals surface area contributed by atoms with Crippen LogP contribution in [0.2, 0.25) is 0 Å². The molecule has 3 aromatic rings. The van der Waals surface area contributed by atoms with Gasteiger partial charge in [0.05, 0.1) is 16.8 Å². The molecule has 0 spiro atoms. The van der Waals surface area contributed by atoms with Gasteiger partial charge in [0.25, 0.3) is 6.43 Å². The van der Waals surface area contributed by atoms with Crippen molar-refractivity contribution in [3.8, 4) is 11.3 Å². The number of hydrogen-bond donors (Lipinski definition) is 0. The Morgan fingerprint density at radius 2 is 1.79 bits per heavy atom. The minimum Gasteiger partial charge on any atom is -0.244 e. The molecule has 3 rings (SSSR count). The molecule has 2 aromatic heterocycles. The monoisotopic (exact) mass is 329 g/mol. The molecule has 0 amide bonds. The third-order valence-corrected chi connectivity index (χ3v) is 4.25. The van der Waals surface area contributed by atoms with Crippen molar-refractivity contribution in [1.82, 2.24) is 14.8 Å². The molecule has 3 nitrogen and oxygen atoms in total. The summed E-state index contributed by atoms with van der Waals surface area (Å²) in [6.45, 7) is 7.78. The van der Waals surface area contributed by atoms with Crippen LogP contribution < -0.4 is 0 Å². The van der Waals surface area contributed by atoms with Crippen LogP contribution >= 0.6 is 0 Å². The largest absolute Gasteiger partial charge is 0.264 e. The molecule has 0 aliphatic rings. The topological polar surface area (TPSA) is 30.7 Å². The third-order valence-electron chi connectivity index (χ3n) is 4.25. The molecule has 0 unspecified atom stereocenters. The molecule has 0 fully saturated rings. The van der Waals surface area contributed by atoms with Gasteiger partial charge in [-0.15, -0.1) is 0 Å². The molecule has 0 saturated heterocycles. The summed E-state index contributed by atoms with van der Waals surface area (Å²) >= 11 is 0. The van der Waals surface area contributed by atoms with Crippen LogP contribution in [0.1, 0.15) is 50.1 Å². The summed E-state index contributed by atoms with van der Waals surface area (Å²) < 4.78 is 29.0. The minimum absolute atomic E-state index is 0.000956. The van der Waals surface area contributed by atoms with E-state index in [2.05, 4.69) is 17.0 Å². The van der Waals surface area contributed by atoms with Crippen molar-refractivity contribution < 1.29 is 8.78 Å². The van der Waals surface area contributed by atoms with Crippen molar-refractivity contribution in [2.75, 3.05) is 0 Å². The molecule has 0 aliphatic heterocycles. The molecule has 0 aliphatic carbocycles. The second-order valence-electron chi connectivity index (χ2n) is 6.27. The quantitative estimate of drug-likeness (QED) is 0.634. The van der Waals surface area contributed by atoms with E-state index < -0.39 is 6.43 Å². The number of halogens is 2. The number of aromatic nitrogens is 3. The van der Waals surface area contributed by atoms with Gasteiger partial charge in [0.1, 0.15) is 0 Å². The Labute approximate surface area is 140 Å². The standard InChI is InChI=1S/C19H21F2N3/c1-5-13-6-8-14(9-7-13)16-10-15(18(20)21)17-12(4)23-24(11(2)3)19(17)22-16/h6-11,18H,5H2,1-4H3. The van der Waals surface area contributed by atoms with E-state index >= 15 is 0 Å². The van der Waals surface area contributed by atoms with Crippen molar-refractivity contribution in [3.05, 3.63) is 47.2 Å². The summed E-state index contributed by atoms with van der Waals surface area (Å²) in [6, 6.07) is 9.43. The van der Waals surface area contributed by atoms with Gasteiger partial charge in [0.15, 0.2) is 5.65 Å². The second kappa shape index (κ2) is 6.30. The van der Waals surface area contributed by atoms with Gasteiger partial charge in [-0.05, 0) is 38.8 Å². The molecule has 0 bridgehead atoms. The van der Waals surface area contributed by atoms with Gasteiger partial charge in [-0.25, -0.2) is 18.4 Å². The summed E-state index contributed by atoms with van der Waals surface area (Å²) in [4.78, 5) is 4.65. The first-order valence-electron chi connectivity index (χ1n) is 8.19. The fourth-order valence-electron chi connectivity index (χ4n) is 2.94. The predicted octanol–water partition coefficient (Wildman–Crippen LogP) is 5.49. The fraction of sp³-hybridized carbons (Fsp3) is 0.368. The van der Waals surface area contributed by atoms with E-state index in [4.69, 9.17) is 0 Å². The maximum Gasteiger partial charge on any atom is 0.264 e. The average molecular weight is 329 g/mol. The highest BCUT2D eigenvalue weighted by Crippen LogP contribution is 2.33. The lowest BCUT2D eigenvalue weighted by molar-refractivity contribution is 0.153. The van der Waals surface area contributed by atoms with E-state index in [0.717, 1.165) is 12.0 Å². The van der Waals surface area contributed by atoms with Crippen LogP contribution in [0.4, 0.5) is 8.78 Å². The summed E-state index contributed by atoms with van der Waals surface area (Å²) in [7, 11) is 0. The zero-order valence-corrected chi connectivity index (χ0v) is 14.3. The fourth-order valence-corrected chi connectivity index (χ4v) is 2.94. The first kappa shape index (κ1) is 16.6. The molecule has 1 aromatic carbocycles. The minimum atomic E-state index is -2.56. The van der Waals surface area contributed by atoms with Crippen LogP contribution in [-0.4, -0.2) is 14.8 Å². The lowest BCUT2D eigenvalue weighted by Crippen LogP contribution is -2.04. The lowest BCUT2D eigenvalue weighted by atomic mass is 10.0. The highest BCUT2D eigenvalue weighted by atomic mass is 19.3. The van der Waals surface area contributed by atoms with Crippen molar-refractivity contribution in [3.63, 3.8) is 0 Å². The van der Waals surface area contributed by atoms with Crippen molar-refractivity contribution >= 4 is 11.0 Å². The van der Waals surface area contributed by atoms with Crippen LogP contribution in [0.5, 0.6) is 0 Å². The van der Waals surface area contributed by atoms with E-state index in [1.807, 2.05) is 38.1 Å². The summed E-state index contributed by atoms with van der Waals surface area (Å²) in [5, 5.41) is 4.88. The Hall–Kier alpha value is -2.30. The van der Waals surface area contributed by atoms with E-state index in [9.17, 15) is 8.78 Å². The Balaban J connectivity index is 2.27. The SMILES string of the molecule is CCc1ccc(-c2cc(C(F)F)c3c(C)nn(C(C)C)c3n2)cc1. The Kier molecular flexibility index (Phi) is 4.35. The van der Waals surface area contributed by atoms with Crippen LogP contribution in [0, 0.1) is 6.92 Å². The van der Waals surface area contributed by atoms with Crippen LogP contribution in [0.15, 0.2) is 30.3 Å². The number of hydrogen-bond acceptors (Lipinski definition) is 2. The van der Waals surface area contributed by atoms with Crippen molar-refractivity contribution in [2.45, 2.75) is 46.6 Å². The van der Waals surface area contributed by atoms with Crippen molar-refractivity contribution in [1.29, 1.82) is 0 Å². The number of aryl methyl sites for hydroxylation is 2. The molecular formula is C19H21F2N3. The zero-order valence-electron chi connectivity index (χ0n) is 14.3. The Morgan fingerprint density at radius 3 is 2.33 bits per heavy atom. The molecular weight excluding hydrogens is 308 g/mol. The first-order chi connectivity index (χ1) is 11.4. The molecule has 0 radical (unpaired) electrons. The Bertz CT molecular complexity index is 864. The van der Waals surface area contributed by atoms with Crippen LogP contribution in [-0.2, 0) is 6.42 Å². The van der Waals surface area contributed by atoms with Crippen LogP contribution in [0.25, 0.3) is 22.3 Å². The highest BCUT2D eigenvalue weighted by Gasteiger charge is 2.21. The molecule has 2 heterocycles. The van der Waals surface area contributed by atoms with Gasteiger partial charge in [0.2, 0.25) is 0 Å². The number of alkyl halides is 2. The van der Waals surface area contributed by atoms with Crippen molar-refractivity contribution in [2.24, 2.45) is 0 Å². The molecule has 5 heteroatoms. The van der Waals surface area contributed by atoms with E-state index in [0.29, 0.717) is 22.4 Å². The normalized spacial score (nSPS) is 11.8. The number of pyridine rings is 1. The number of nitrogens with zero attached hydrogens (tertiary/aromatic N) is 3. The number of fused-ring (bicyclic) bond motifs is 1. The molecule has 0 atom stereocenters. The average Bonchev–Trinajstić information content (AvgIpc) is 2.91.